The van der Waals surface area contributed by atoms with Crippen LogP contribution >= 0.6 is 0 Å². The molecule has 2 atom stereocenters. The molecule has 0 aromatic heterocycles. The molecule has 0 heterocycles. The maximum absolute atomic E-state index is 12.1. The molecule has 1 saturated carbocycles. The van der Waals surface area contributed by atoms with Crippen molar-refractivity contribution in [3.05, 3.63) is 24.3 Å². The molecule has 4 heteroatoms. The summed E-state index contributed by atoms with van der Waals surface area (Å²) in [5, 5.41) is 12.6. The molecule has 1 aromatic carbocycles. The Morgan fingerprint density at radius 3 is 3.00 bits per heavy atom. The summed E-state index contributed by atoms with van der Waals surface area (Å²) in [7, 11) is 0. The SMILES string of the molecule is CCCCOc1cccc(NC(=O)C2CCCC2O)c1. The Labute approximate surface area is 120 Å². The van der Waals surface area contributed by atoms with Gasteiger partial charge in [-0.1, -0.05) is 19.4 Å². The normalized spacial score (nSPS) is 21.7. The van der Waals surface area contributed by atoms with Gasteiger partial charge in [-0.05, 0) is 37.8 Å². The maximum atomic E-state index is 12.1. The summed E-state index contributed by atoms with van der Waals surface area (Å²) in [6.07, 6.45) is 4.01. The average Bonchev–Trinajstić information content (AvgIpc) is 2.86. The second kappa shape index (κ2) is 7.29. The second-order valence-corrected chi connectivity index (χ2v) is 5.32. The van der Waals surface area contributed by atoms with E-state index in [4.69, 9.17) is 4.74 Å². The van der Waals surface area contributed by atoms with E-state index < -0.39 is 6.10 Å². The first-order chi connectivity index (χ1) is 9.70. The van der Waals surface area contributed by atoms with Crippen molar-refractivity contribution in [3.63, 3.8) is 0 Å². The van der Waals surface area contributed by atoms with E-state index in [-0.39, 0.29) is 11.8 Å². The van der Waals surface area contributed by atoms with Crippen LogP contribution in [0.25, 0.3) is 0 Å². The predicted octanol–water partition coefficient (Wildman–Crippen LogP) is 2.97. The third-order valence-electron chi connectivity index (χ3n) is 3.68. The molecule has 0 spiro atoms. The predicted molar refractivity (Wildman–Crippen MR) is 78.8 cm³/mol. The Morgan fingerprint density at radius 1 is 1.45 bits per heavy atom. The van der Waals surface area contributed by atoms with Gasteiger partial charge in [0.2, 0.25) is 5.91 Å². The average molecular weight is 277 g/mol. The summed E-state index contributed by atoms with van der Waals surface area (Å²) in [5.74, 6) is 0.392. The first-order valence-corrected chi connectivity index (χ1v) is 7.42. The van der Waals surface area contributed by atoms with Crippen molar-refractivity contribution in [3.8, 4) is 5.75 Å². The lowest BCUT2D eigenvalue weighted by molar-refractivity contribution is -0.122. The molecule has 1 fully saturated rings. The fourth-order valence-electron chi connectivity index (χ4n) is 2.48. The largest absolute Gasteiger partial charge is 0.494 e. The number of benzene rings is 1. The number of unbranched alkanes of at least 4 members (excludes halogenated alkanes) is 1. The lowest BCUT2D eigenvalue weighted by atomic mass is 10.1. The standard InChI is InChI=1S/C16H23NO3/c1-2-3-10-20-13-7-4-6-12(11-13)17-16(19)14-8-5-9-15(14)18/h4,6-7,11,14-15,18H,2-3,5,8-10H2,1H3,(H,17,19). The smallest absolute Gasteiger partial charge is 0.230 e. The molecule has 20 heavy (non-hydrogen) atoms. The number of amides is 1. The zero-order valence-electron chi connectivity index (χ0n) is 12.0. The summed E-state index contributed by atoms with van der Waals surface area (Å²) < 4.78 is 5.61. The number of carbonyl (C=O) groups is 1. The quantitative estimate of drug-likeness (QED) is 0.786. The molecule has 4 nitrogen and oxygen atoms in total. The zero-order valence-corrected chi connectivity index (χ0v) is 12.0. The number of ether oxygens (including phenoxy) is 1. The monoisotopic (exact) mass is 277 g/mol. The van der Waals surface area contributed by atoms with Gasteiger partial charge in [-0.25, -0.2) is 0 Å². The lowest BCUT2D eigenvalue weighted by Crippen LogP contribution is -2.28. The van der Waals surface area contributed by atoms with E-state index in [1.165, 1.54) is 0 Å². The van der Waals surface area contributed by atoms with Gasteiger partial charge in [0.15, 0.2) is 0 Å². The molecule has 1 aromatic rings. The maximum Gasteiger partial charge on any atom is 0.230 e. The molecule has 1 aliphatic rings. The molecule has 0 bridgehead atoms. The summed E-state index contributed by atoms with van der Waals surface area (Å²) in [5.41, 5.74) is 0.725. The van der Waals surface area contributed by atoms with E-state index >= 15 is 0 Å². The van der Waals surface area contributed by atoms with Crippen LogP contribution in [0.1, 0.15) is 39.0 Å². The van der Waals surface area contributed by atoms with Crippen LogP contribution < -0.4 is 10.1 Å². The Balaban J connectivity index is 1.91. The van der Waals surface area contributed by atoms with E-state index in [0.29, 0.717) is 6.61 Å². The Hall–Kier alpha value is -1.55. The second-order valence-electron chi connectivity index (χ2n) is 5.32. The third kappa shape index (κ3) is 3.97. The number of hydrogen-bond acceptors (Lipinski definition) is 3. The molecule has 2 rings (SSSR count). The highest BCUT2D eigenvalue weighted by atomic mass is 16.5. The molecular formula is C16H23NO3. The van der Waals surface area contributed by atoms with E-state index in [1.807, 2.05) is 24.3 Å². The van der Waals surface area contributed by atoms with Crippen molar-refractivity contribution in [1.82, 2.24) is 0 Å². The highest BCUT2D eigenvalue weighted by Crippen LogP contribution is 2.27. The van der Waals surface area contributed by atoms with Crippen LogP contribution in [0.5, 0.6) is 5.75 Å². The van der Waals surface area contributed by atoms with Gasteiger partial charge in [0.25, 0.3) is 0 Å². The van der Waals surface area contributed by atoms with Crippen molar-refractivity contribution in [1.29, 1.82) is 0 Å². The van der Waals surface area contributed by atoms with Gasteiger partial charge in [0.05, 0.1) is 18.6 Å². The van der Waals surface area contributed by atoms with Crippen LogP contribution in [-0.4, -0.2) is 23.7 Å². The van der Waals surface area contributed by atoms with E-state index in [9.17, 15) is 9.90 Å². The molecule has 110 valence electrons. The van der Waals surface area contributed by atoms with Crippen LogP contribution in [-0.2, 0) is 4.79 Å². The van der Waals surface area contributed by atoms with Crippen molar-refractivity contribution in [2.75, 3.05) is 11.9 Å². The Kier molecular flexibility index (Phi) is 5.41. The lowest BCUT2D eigenvalue weighted by Gasteiger charge is -2.15. The van der Waals surface area contributed by atoms with Gasteiger partial charge in [0.1, 0.15) is 5.75 Å². The van der Waals surface area contributed by atoms with E-state index in [2.05, 4.69) is 12.2 Å². The minimum atomic E-state index is -0.501. The number of hydrogen-bond donors (Lipinski definition) is 2. The van der Waals surface area contributed by atoms with Crippen molar-refractivity contribution in [2.45, 2.75) is 45.1 Å². The van der Waals surface area contributed by atoms with Crippen LogP contribution in [0.3, 0.4) is 0 Å². The molecule has 2 unspecified atom stereocenters. The van der Waals surface area contributed by atoms with Crippen molar-refractivity contribution >= 4 is 11.6 Å². The summed E-state index contributed by atoms with van der Waals surface area (Å²) >= 11 is 0. The first kappa shape index (κ1) is 14.9. The fraction of sp³-hybridized carbons (Fsp3) is 0.562. The molecular weight excluding hydrogens is 254 g/mol. The van der Waals surface area contributed by atoms with Gasteiger partial charge in [0, 0.05) is 11.8 Å². The van der Waals surface area contributed by atoms with Gasteiger partial charge in [-0.2, -0.15) is 0 Å². The molecule has 0 saturated heterocycles. The van der Waals surface area contributed by atoms with Gasteiger partial charge < -0.3 is 15.2 Å². The Bertz CT molecular complexity index is 447. The number of nitrogens with one attached hydrogen (secondary N) is 1. The van der Waals surface area contributed by atoms with Crippen LogP contribution in [0, 0.1) is 5.92 Å². The number of carbonyl (C=O) groups excluding carboxylic acids is 1. The Morgan fingerprint density at radius 2 is 2.30 bits per heavy atom. The van der Waals surface area contributed by atoms with Crippen molar-refractivity contribution < 1.29 is 14.6 Å². The number of anilines is 1. The zero-order chi connectivity index (χ0) is 14.4. The number of aliphatic hydroxyl groups is 1. The molecule has 2 N–H and O–H groups in total. The van der Waals surface area contributed by atoms with E-state index in [1.54, 1.807) is 0 Å². The van der Waals surface area contributed by atoms with Gasteiger partial charge >= 0.3 is 0 Å². The summed E-state index contributed by atoms with van der Waals surface area (Å²) in [6.45, 7) is 2.81. The third-order valence-corrected chi connectivity index (χ3v) is 3.68. The molecule has 0 aliphatic heterocycles. The molecule has 1 amide bonds. The highest BCUT2D eigenvalue weighted by molar-refractivity contribution is 5.93. The molecule has 0 radical (unpaired) electrons. The van der Waals surface area contributed by atoms with Crippen LogP contribution in [0.4, 0.5) is 5.69 Å². The minimum Gasteiger partial charge on any atom is -0.494 e. The number of aliphatic hydroxyl groups excluding tert-OH is 1. The topological polar surface area (TPSA) is 58.6 Å². The first-order valence-electron chi connectivity index (χ1n) is 7.42. The van der Waals surface area contributed by atoms with E-state index in [0.717, 1.165) is 43.5 Å². The number of rotatable bonds is 6. The van der Waals surface area contributed by atoms with Crippen LogP contribution in [0.15, 0.2) is 24.3 Å². The summed E-state index contributed by atoms with van der Waals surface area (Å²) in [6, 6.07) is 7.42. The van der Waals surface area contributed by atoms with Crippen molar-refractivity contribution in [2.24, 2.45) is 5.92 Å². The van der Waals surface area contributed by atoms with Gasteiger partial charge in [-0.15, -0.1) is 0 Å². The fourth-order valence-corrected chi connectivity index (χ4v) is 2.48. The molecule has 1 aliphatic carbocycles. The van der Waals surface area contributed by atoms with Gasteiger partial charge in [-0.3, -0.25) is 4.79 Å². The highest BCUT2D eigenvalue weighted by Gasteiger charge is 2.31. The minimum absolute atomic E-state index is 0.0966. The summed E-state index contributed by atoms with van der Waals surface area (Å²) in [4.78, 5) is 12.1. The van der Waals surface area contributed by atoms with Crippen LogP contribution in [0.2, 0.25) is 0 Å².